The Bertz CT molecular complexity index is 688. The molecule has 0 aliphatic carbocycles. The number of nitrogens with one attached hydrogen (secondary N) is 3. The molecule has 2 aromatic rings. The van der Waals surface area contributed by atoms with Gasteiger partial charge in [-0.3, -0.25) is 10.2 Å². The van der Waals surface area contributed by atoms with E-state index in [-0.39, 0.29) is 11.8 Å². The summed E-state index contributed by atoms with van der Waals surface area (Å²) in [7, 11) is 0. The van der Waals surface area contributed by atoms with Gasteiger partial charge in [0.1, 0.15) is 0 Å². The van der Waals surface area contributed by atoms with Gasteiger partial charge in [-0.2, -0.15) is 0 Å². The number of halogens is 1. The molecular formula is C17H20BrN3O2S. The third-order valence-electron chi connectivity index (χ3n) is 3.60. The molecule has 1 heterocycles. The van der Waals surface area contributed by atoms with Crippen LogP contribution in [0.4, 0.5) is 4.79 Å². The zero-order valence-corrected chi connectivity index (χ0v) is 15.9. The second-order valence-corrected chi connectivity index (χ2v) is 8.12. The molecule has 0 spiro atoms. The van der Waals surface area contributed by atoms with E-state index in [2.05, 4.69) is 58.1 Å². The maximum absolute atomic E-state index is 11.9. The minimum Gasteiger partial charge on any atom is -0.336 e. The lowest BCUT2D eigenvalue weighted by atomic mass is 9.88. The van der Waals surface area contributed by atoms with Crippen LogP contribution < -0.4 is 16.2 Å². The smallest absolute Gasteiger partial charge is 0.333 e. The van der Waals surface area contributed by atoms with Gasteiger partial charge in [0.25, 0.3) is 5.91 Å². The van der Waals surface area contributed by atoms with E-state index in [1.165, 1.54) is 16.9 Å². The Kier molecular flexibility index (Phi) is 6.81. The lowest BCUT2D eigenvalue weighted by molar-refractivity contribution is 0.0940. The molecule has 1 aromatic heterocycles. The van der Waals surface area contributed by atoms with E-state index in [0.29, 0.717) is 17.3 Å². The van der Waals surface area contributed by atoms with Gasteiger partial charge in [0, 0.05) is 12.5 Å². The van der Waals surface area contributed by atoms with E-state index < -0.39 is 6.03 Å². The average Bonchev–Trinajstić information content (AvgIpc) is 3.00. The molecule has 0 saturated carbocycles. The molecule has 1 aromatic carbocycles. The van der Waals surface area contributed by atoms with Crippen LogP contribution in [-0.2, 0) is 0 Å². The lowest BCUT2D eigenvalue weighted by Gasteiger charge is -2.22. The summed E-state index contributed by atoms with van der Waals surface area (Å²) in [6, 6.07) is 13.1. The van der Waals surface area contributed by atoms with Gasteiger partial charge < -0.3 is 5.32 Å². The number of hydrogen-bond donors (Lipinski definition) is 3. The molecule has 5 nitrogen and oxygen atoms in total. The number of amides is 3. The highest BCUT2D eigenvalue weighted by molar-refractivity contribution is 9.11. The van der Waals surface area contributed by atoms with Gasteiger partial charge in [-0.25, -0.2) is 10.2 Å². The van der Waals surface area contributed by atoms with Gasteiger partial charge >= 0.3 is 6.03 Å². The predicted octanol–water partition coefficient (Wildman–Crippen LogP) is 3.89. The van der Waals surface area contributed by atoms with Crippen LogP contribution in [0.15, 0.2) is 46.3 Å². The zero-order valence-electron chi connectivity index (χ0n) is 13.5. The maximum Gasteiger partial charge on any atom is 0.333 e. The van der Waals surface area contributed by atoms with Crippen LogP contribution in [0.2, 0.25) is 0 Å². The monoisotopic (exact) mass is 409 g/mol. The van der Waals surface area contributed by atoms with Crippen molar-refractivity contribution in [3.63, 3.8) is 0 Å². The molecule has 1 atom stereocenters. The van der Waals surface area contributed by atoms with Crippen molar-refractivity contribution >= 4 is 39.2 Å². The molecule has 7 heteroatoms. The zero-order chi connectivity index (χ0) is 17.5. The summed E-state index contributed by atoms with van der Waals surface area (Å²) in [5.41, 5.74) is 5.95. The molecular weight excluding hydrogens is 390 g/mol. The van der Waals surface area contributed by atoms with Gasteiger partial charge in [0.2, 0.25) is 0 Å². The fourth-order valence-electron chi connectivity index (χ4n) is 2.30. The van der Waals surface area contributed by atoms with Crippen molar-refractivity contribution < 1.29 is 9.59 Å². The van der Waals surface area contributed by atoms with Crippen molar-refractivity contribution in [1.82, 2.24) is 16.2 Å². The number of urea groups is 1. The molecule has 128 valence electrons. The summed E-state index contributed by atoms with van der Waals surface area (Å²) in [5, 5.41) is 2.80. The molecule has 0 fully saturated rings. The summed E-state index contributed by atoms with van der Waals surface area (Å²) in [6.07, 6.45) is 0. The second kappa shape index (κ2) is 8.84. The van der Waals surface area contributed by atoms with Crippen LogP contribution in [-0.4, -0.2) is 18.5 Å². The Morgan fingerprint density at radius 1 is 1.08 bits per heavy atom. The molecule has 0 saturated heterocycles. The highest BCUT2D eigenvalue weighted by atomic mass is 79.9. The van der Waals surface area contributed by atoms with Crippen molar-refractivity contribution in [2.24, 2.45) is 5.92 Å². The standard InChI is InChI=1S/C17H20BrN3O2S/c1-11(2)13(12-6-4-3-5-7-12)10-19-17(23)21-20-16(22)14-8-9-15(18)24-14/h3-9,11,13H,10H2,1-2H3,(H,20,22)(H2,19,21,23). The number of rotatable bonds is 5. The Balaban J connectivity index is 1.82. The van der Waals surface area contributed by atoms with Gasteiger partial charge in [-0.1, -0.05) is 44.2 Å². The molecule has 1 unspecified atom stereocenters. The van der Waals surface area contributed by atoms with Gasteiger partial charge in [0.15, 0.2) is 0 Å². The first-order valence-electron chi connectivity index (χ1n) is 7.62. The number of carbonyl (C=O) groups is 2. The number of carbonyl (C=O) groups excluding carboxylic acids is 2. The van der Waals surface area contributed by atoms with Crippen LogP contribution in [0, 0.1) is 5.92 Å². The average molecular weight is 410 g/mol. The lowest BCUT2D eigenvalue weighted by Crippen LogP contribution is -2.47. The first kappa shape index (κ1) is 18.5. The predicted molar refractivity (Wildman–Crippen MR) is 100 cm³/mol. The number of thiophene rings is 1. The van der Waals surface area contributed by atoms with Crippen LogP contribution in [0.5, 0.6) is 0 Å². The van der Waals surface area contributed by atoms with Gasteiger partial charge in [-0.15, -0.1) is 11.3 Å². The Hall–Kier alpha value is -1.86. The third kappa shape index (κ3) is 5.35. The fourth-order valence-corrected chi connectivity index (χ4v) is 3.58. The highest BCUT2D eigenvalue weighted by Gasteiger charge is 2.17. The number of hydrazine groups is 1. The van der Waals surface area contributed by atoms with Crippen molar-refractivity contribution in [3.05, 3.63) is 56.7 Å². The van der Waals surface area contributed by atoms with Crippen molar-refractivity contribution in [2.45, 2.75) is 19.8 Å². The van der Waals surface area contributed by atoms with Gasteiger partial charge in [0.05, 0.1) is 8.66 Å². The molecule has 24 heavy (non-hydrogen) atoms. The van der Waals surface area contributed by atoms with Crippen LogP contribution >= 0.6 is 27.3 Å². The number of hydrogen-bond acceptors (Lipinski definition) is 3. The molecule has 0 radical (unpaired) electrons. The second-order valence-electron chi connectivity index (χ2n) is 5.65. The van der Waals surface area contributed by atoms with E-state index in [0.717, 1.165) is 3.79 Å². The van der Waals surface area contributed by atoms with Crippen molar-refractivity contribution in [1.29, 1.82) is 0 Å². The van der Waals surface area contributed by atoms with E-state index in [4.69, 9.17) is 0 Å². The fraction of sp³-hybridized carbons (Fsp3) is 0.294. The van der Waals surface area contributed by atoms with Crippen LogP contribution in [0.25, 0.3) is 0 Å². The maximum atomic E-state index is 11.9. The molecule has 0 aliphatic heterocycles. The summed E-state index contributed by atoms with van der Waals surface area (Å²) in [5.74, 6) is 0.246. The number of benzene rings is 1. The molecule has 0 bridgehead atoms. The first-order valence-corrected chi connectivity index (χ1v) is 9.22. The van der Waals surface area contributed by atoms with E-state index in [1.54, 1.807) is 12.1 Å². The van der Waals surface area contributed by atoms with E-state index in [9.17, 15) is 9.59 Å². The van der Waals surface area contributed by atoms with Crippen molar-refractivity contribution in [2.75, 3.05) is 6.54 Å². The summed E-state index contributed by atoms with van der Waals surface area (Å²) in [6.45, 7) is 4.73. The third-order valence-corrected chi connectivity index (χ3v) is 5.22. The minimum atomic E-state index is -0.430. The van der Waals surface area contributed by atoms with Crippen LogP contribution in [0.1, 0.15) is 35.0 Å². The van der Waals surface area contributed by atoms with Gasteiger partial charge in [-0.05, 0) is 39.5 Å². The quantitative estimate of drug-likeness (QED) is 0.655. The minimum absolute atomic E-state index is 0.209. The Labute approximate surface area is 153 Å². The summed E-state index contributed by atoms with van der Waals surface area (Å²) in [4.78, 5) is 24.3. The Morgan fingerprint density at radius 2 is 1.79 bits per heavy atom. The topological polar surface area (TPSA) is 70.2 Å². The van der Waals surface area contributed by atoms with Crippen molar-refractivity contribution in [3.8, 4) is 0 Å². The highest BCUT2D eigenvalue weighted by Crippen LogP contribution is 2.23. The Morgan fingerprint density at radius 3 is 2.38 bits per heavy atom. The SMILES string of the molecule is CC(C)C(CNC(=O)NNC(=O)c1ccc(Br)s1)c1ccccc1. The summed E-state index contributed by atoms with van der Waals surface area (Å²) >= 11 is 4.60. The summed E-state index contributed by atoms with van der Waals surface area (Å²) < 4.78 is 0.861. The first-order chi connectivity index (χ1) is 11.5. The largest absolute Gasteiger partial charge is 0.336 e. The van der Waals surface area contributed by atoms with E-state index in [1.807, 2.05) is 18.2 Å². The van der Waals surface area contributed by atoms with Crippen LogP contribution in [0.3, 0.4) is 0 Å². The molecule has 3 amide bonds. The normalized spacial score (nSPS) is 11.8. The molecule has 3 N–H and O–H groups in total. The molecule has 2 rings (SSSR count). The van der Waals surface area contributed by atoms with E-state index >= 15 is 0 Å². The molecule has 0 aliphatic rings.